The Morgan fingerprint density at radius 1 is 1.00 bits per heavy atom. The summed E-state index contributed by atoms with van der Waals surface area (Å²) in [6.07, 6.45) is 2.05. The molecule has 0 aliphatic carbocycles. The van der Waals surface area contributed by atoms with E-state index in [1.165, 1.54) is 12.1 Å². The van der Waals surface area contributed by atoms with E-state index in [0.29, 0.717) is 5.69 Å². The highest BCUT2D eigenvalue weighted by Crippen LogP contribution is 2.19. The van der Waals surface area contributed by atoms with E-state index in [-0.39, 0.29) is 17.0 Å². The number of anilines is 1. The number of hydrogen-bond donors (Lipinski definition) is 2. The molecule has 1 aliphatic heterocycles. The summed E-state index contributed by atoms with van der Waals surface area (Å²) in [6, 6.07) is 15.1. The first-order valence-corrected chi connectivity index (χ1v) is 10.2. The maximum Gasteiger partial charge on any atom is 0.321 e. The van der Waals surface area contributed by atoms with Crippen molar-refractivity contribution in [1.82, 2.24) is 9.62 Å². The number of sulfonamides is 1. The number of carbonyl (C=O) groups is 1. The molecule has 0 saturated carbocycles. The Hall–Kier alpha value is -2.38. The summed E-state index contributed by atoms with van der Waals surface area (Å²) in [6.45, 7) is 3.33. The lowest BCUT2D eigenvalue weighted by atomic mass is 10.1. The molecule has 26 heavy (non-hydrogen) atoms. The first-order valence-electron chi connectivity index (χ1n) is 8.69. The summed E-state index contributed by atoms with van der Waals surface area (Å²) in [5.74, 6) is 0. The number of nitrogens with zero attached hydrogens (tertiary/aromatic N) is 1. The van der Waals surface area contributed by atoms with Gasteiger partial charge >= 0.3 is 6.03 Å². The van der Waals surface area contributed by atoms with Crippen LogP contribution in [-0.4, -0.2) is 32.4 Å². The number of carbonyl (C=O) groups excluding carboxylic acids is 1. The van der Waals surface area contributed by atoms with E-state index in [1.54, 1.807) is 24.0 Å². The fraction of sp³-hybridized carbons (Fsp3) is 0.316. The molecular weight excluding hydrogens is 350 g/mol. The Balaban J connectivity index is 1.65. The molecule has 2 aromatic rings. The van der Waals surface area contributed by atoms with Gasteiger partial charge in [0.05, 0.1) is 4.90 Å². The van der Waals surface area contributed by atoms with E-state index in [9.17, 15) is 13.2 Å². The monoisotopic (exact) mass is 373 g/mol. The molecule has 0 unspecified atom stereocenters. The average Bonchev–Trinajstić information content (AvgIpc) is 3.17. The highest BCUT2D eigenvalue weighted by atomic mass is 32.2. The van der Waals surface area contributed by atoms with Crippen molar-refractivity contribution in [2.75, 3.05) is 18.4 Å². The standard InChI is InChI=1S/C19H23N3O3S/c1-15(16-7-3-2-4-8-16)21-26(24,25)18-11-9-17(10-12-18)20-19(23)22-13-5-6-14-22/h2-4,7-12,15,21H,5-6,13-14H2,1H3,(H,20,23)/t15-/m0/s1. The Morgan fingerprint density at radius 3 is 2.23 bits per heavy atom. The molecule has 138 valence electrons. The van der Waals surface area contributed by atoms with Crippen LogP contribution in [0, 0.1) is 0 Å². The number of likely N-dealkylation sites (tertiary alicyclic amines) is 1. The van der Waals surface area contributed by atoms with Crippen molar-refractivity contribution in [2.45, 2.75) is 30.7 Å². The van der Waals surface area contributed by atoms with Gasteiger partial charge in [0.2, 0.25) is 10.0 Å². The van der Waals surface area contributed by atoms with Gasteiger partial charge in [-0.2, -0.15) is 0 Å². The van der Waals surface area contributed by atoms with Crippen molar-refractivity contribution in [3.05, 3.63) is 60.2 Å². The van der Waals surface area contributed by atoms with Crippen LogP contribution in [0.15, 0.2) is 59.5 Å². The molecule has 2 amide bonds. The summed E-state index contributed by atoms with van der Waals surface area (Å²) < 4.78 is 27.8. The molecule has 1 aliphatic rings. The van der Waals surface area contributed by atoms with Gasteiger partial charge in [-0.05, 0) is 49.6 Å². The van der Waals surface area contributed by atoms with Crippen LogP contribution in [0.25, 0.3) is 0 Å². The van der Waals surface area contributed by atoms with Crippen molar-refractivity contribution < 1.29 is 13.2 Å². The second kappa shape index (κ2) is 7.88. The van der Waals surface area contributed by atoms with Crippen molar-refractivity contribution in [1.29, 1.82) is 0 Å². The second-order valence-corrected chi connectivity index (χ2v) is 8.12. The summed E-state index contributed by atoms with van der Waals surface area (Å²) in [7, 11) is -3.64. The van der Waals surface area contributed by atoms with Gasteiger partial charge in [0.1, 0.15) is 0 Å². The molecule has 2 aromatic carbocycles. The van der Waals surface area contributed by atoms with Gasteiger partial charge in [-0.15, -0.1) is 0 Å². The third-order valence-corrected chi connectivity index (χ3v) is 6.00. The predicted molar refractivity (Wildman–Crippen MR) is 101 cm³/mol. The molecule has 7 heteroatoms. The molecule has 0 radical (unpaired) electrons. The first kappa shape index (κ1) is 18.4. The SMILES string of the molecule is C[C@H](NS(=O)(=O)c1ccc(NC(=O)N2CCCC2)cc1)c1ccccc1. The second-order valence-electron chi connectivity index (χ2n) is 6.40. The van der Waals surface area contributed by atoms with Crippen LogP contribution < -0.4 is 10.0 Å². The summed E-state index contributed by atoms with van der Waals surface area (Å²) >= 11 is 0. The van der Waals surface area contributed by atoms with Crippen LogP contribution in [0.3, 0.4) is 0 Å². The Kier molecular flexibility index (Phi) is 5.58. The van der Waals surface area contributed by atoms with Crippen LogP contribution in [-0.2, 0) is 10.0 Å². The van der Waals surface area contributed by atoms with Crippen LogP contribution in [0.1, 0.15) is 31.4 Å². The third kappa shape index (κ3) is 4.42. The first-order chi connectivity index (χ1) is 12.5. The lowest BCUT2D eigenvalue weighted by Gasteiger charge is -2.17. The molecule has 1 heterocycles. The normalized spacial score (nSPS) is 15.7. The topological polar surface area (TPSA) is 78.5 Å². The zero-order valence-electron chi connectivity index (χ0n) is 14.7. The van der Waals surface area contributed by atoms with Gasteiger partial charge in [-0.1, -0.05) is 30.3 Å². The lowest BCUT2D eigenvalue weighted by Crippen LogP contribution is -2.32. The van der Waals surface area contributed by atoms with E-state index >= 15 is 0 Å². The maximum absolute atomic E-state index is 12.6. The van der Waals surface area contributed by atoms with Gasteiger partial charge < -0.3 is 10.2 Å². The highest BCUT2D eigenvalue weighted by molar-refractivity contribution is 7.89. The van der Waals surface area contributed by atoms with E-state index < -0.39 is 10.0 Å². The number of rotatable bonds is 5. The van der Waals surface area contributed by atoms with Gasteiger partial charge in [0.15, 0.2) is 0 Å². The maximum atomic E-state index is 12.6. The number of amides is 2. The minimum atomic E-state index is -3.64. The molecule has 1 fully saturated rings. The minimum Gasteiger partial charge on any atom is -0.325 e. The molecule has 1 atom stereocenters. The largest absolute Gasteiger partial charge is 0.325 e. The third-order valence-electron chi connectivity index (χ3n) is 4.44. The lowest BCUT2D eigenvalue weighted by molar-refractivity contribution is 0.222. The molecule has 0 bridgehead atoms. The fourth-order valence-corrected chi connectivity index (χ4v) is 4.18. The molecular formula is C19H23N3O3S. The molecule has 3 rings (SSSR count). The Morgan fingerprint density at radius 2 is 1.62 bits per heavy atom. The Labute approximate surface area is 154 Å². The number of benzene rings is 2. The summed E-state index contributed by atoms with van der Waals surface area (Å²) in [4.78, 5) is 14.0. The van der Waals surface area contributed by atoms with Gasteiger partial charge in [0.25, 0.3) is 0 Å². The van der Waals surface area contributed by atoms with Crippen molar-refractivity contribution in [2.24, 2.45) is 0 Å². The van der Waals surface area contributed by atoms with Crippen molar-refractivity contribution in [3.8, 4) is 0 Å². The van der Waals surface area contributed by atoms with E-state index in [0.717, 1.165) is 31.5 Å². The quantitative estimate of drug-likeness (QED) is 0.844. The number of urea groups is 1. The molecule has 6 nitrogen and oxygen atoms in total. The zero-order chi connectivity index (χ0) is 18.6. The number of nitrogens with one attached hydrogen (secondary N) is 2. The van der Waals surface area contributed by atoms with E-state index in [4.69, 9.17) is 0 Å². The van der Waals surface area contributed by atoms with Crippen molar-refractivity contribution in [3.63, 3.8) is 0 Å². The van der Waals surface area contributed by atoms with Gasteiger partial charge in [0, 0.05) is 24.8 Å². The number of hydrogen-bond acceptors (Lipinski definition) is 3. The molecule has 0 spiro atoms. The van der Waals surface area contributed by atoms with E-state index in [1.807, 2.05) is 30.3 Å². The minimum absolute atomic E-state index is 0.145. The average molecular weight is 373 g/mol. The van der Waals surface area contributed by atoms with Crippen molar-refractivity contribution >= 4 is 21.7 Å². The Bertz CT molecular complexity index is 845. The van der Waals surface area contributed by atoms with Gasteiger partial charge in [-0.3, -0.25) is 0 Å². The zero-order valence-corrected chi connectivity index (χ0v) is 15.5. The fourth-order valence-electron chi connectivity index (χ4n) is 2.95. The summed E-state index contributed by atoms with van der Waals surface area (Å²) in [5.41, 5.74) is 1.47. The van der Waals surface area contributed by atoms with Crippen LogP contribution in [0.5, 0.6) is 0 Å². The van der Waals surface area contributed by atoms with Crippen LogP contribution >= 0.6 is 0 Å². The van der Waals surface area contributed by atoms with E-state index in [2.05, 4.69) is 10.0 Å². The highest BCUT2D eigenvalue weighted by Gasteiger charge is 2.20. The predicted octanol–water partition coefficient (Wildman–Crippen LogP) is 3.35. The molecule has 1 saturated heterocycles. The van der Waals surface area contributed by atoms with Crippen LogP contribution in [0.4, 0.5) is 10.5 Å². The van der Waals surface area contributed by atoms with Crippen LogP contribution in [0.2, 0.25) is 0 Å². The molecule has 0 aromatic heterocycles. The smallest absolute Gasteiger partial charge is 0.321 e. The summed E-state index contributed by atoms with van der Waals surface area (Å²) in [5, 5.41) is 2.80. The molecule has 2 N–H and O–H groups in total. The van der Waals surface area contributed by atoms with Gasteiger partial charge in [-0.25, -0.2) is 17.9 Å².